The van der Waals surface area contributed by atoms with Gasteiger partial charge in [-0.3, -0.25) is 9.63 Å². The van der Waals surface area contributed by atoms with Crippen LogP contribution in [0.1, 0.15) is 40.0 Å². The van der Waals surface area contributed by atoms with Gasteiger partial charge in [0, 0.05) is 32.3 Å². The van der Waals surface area contributed by atoms with Crippen LogP contribution in [0.3, 0.4) is 0 Å². The van der Waals surface area contributed by atoms with Crippen molar-refractivity contribution in [2.24, 2.45) is 5.16 Å². The van der Waals surface area contributed by atoms with E-state index in [1.165, 1.54) is 28.2 Å². The first-order valence-corrected chi connectivity index (χ1v) is 9.51. The first-order chi connectivity index (χ1) is 10.9. The van der Waals surface area contributed by atoms with Gasteiger partial charge in [-0.1, -0.05) is 18.5 Å². The van der Waals surface area contributed by atoms with E-state index in [0.717, 1.165) is 19.4 Å². The van der Waals surface area contributed by atoms with Crippen molar-refractivity contribution in [1.29, 1.82) is 0 Å². The van der Waals surface area contributed by atoms with Gasteiger partial charge < -0.3 is 4.74 Å². The van der Waals surface area contributed by atoms with Gasteiger partial charge in [-0.15, -0.1) is 11.8 Å². The molecule has 0 saturated carbocycles. The molecule has 0 atom stereocenters. The zero-order chi connectivity index (χ0) is 17.7. The Balaban J connectivity index is 4.43. The van der Waals surface area contributed by atoms with E-state index in [4.69, 9.17) is 9.57 Å². The van der Waals surface area contributed by atoms with Crippen LogP contribution in [-0.4, -0.2) is 58.7 Å². The molecular weight excluding hydrogens is 338 g/mol. The number of hydrogen-bond donors (Lipinski definition) is 0. The zero-order valence-corrected chi connectivity index (χ0v) is 16.2. The van der Waals surface area contributed by atoms with Crippen molar-refractivity contribution in [3.8, 4) is 0 Å². The number of nitrogens with zero attached hydrogens (tertiary/aromatic N) is 3. The third-order valence-corrected chi connectivity index (χ3v) is 4.33. The molecule has 1 amide bonds. The molecule has 7 nitrogen and oxygen atoms in total. The third-order valence-electron chi connectivity index (χ3n) is 2.67. The quantitative estimate of drug-likeness (QED) is 0.147. The number of oxime groups is 1. The van der Waals surface area contributed by atoms with Gasteiger partial charge in [0.1, 0.15) is 5.04 Å². The average Bonchev–Trinajstić information content (AvgIpc) is 2.54. The summed E-state index contributed by atoms with van der Waals surface area (Å²) in [4.78, 5) is 28.2. The molecule has 0 aliphatic rings. The molecule has 134 valence electrons. The van der Waals surface area contributed by atoms with Gasteiger partial charge in [0.25, 0.3) is 0 Å². The Kier molecular flexibility index (Phi) is 13.0. The van der Waals surface area contributed by atoms with E-state index in [9.17, 15) is 9.59 Å². The number of unbranched alkanes of at least 4 members (excludes halogenated alkanes) is 1. The van der Waals surface area contributed by atoms with Crippen molar-refractivity contribution in [2.45, 2.75) is 40.0 Å². The topological polar surface area (TPSA) is 71.4 Å². The second kappa shape index (κ2) is 13.5. The lowest BCUT2D eigenvalue weighted by Crippen LogP contribution is -2.29. The highest BCUT2D eigenvalue weighted by Crippen LogP contribution is 2.17. The number of ether oxygens (including phenoxy) is 1. The van der Waals surface area contributed by atoms with Crippen LogP contribution in [0.15, 0.2) is 5.16 Å². The van der Waals surface area contributed by atoms with Crippen molar-refractivity contribution in [3.05, 3.63) is 0 Å². The number of carbonyl (C=O) groups is 2. The Hall–Kier alpha value is -0.930. The van der Waals surface area contributed by atoms with Crippen LogP contribution in [0, 0.1) is 0 Å². The number of rotatable bonds is 10. The lowest BCUT2D eigenvalue weighted by atomic mass is 10.3. The fourth-order valence-electron chi connectivity index (χ4n) is 1.38. The van der Waals surface area contributed by atoms with Gasteiger partial charge >= 0.3 is 12.1 Å². The van der Waals surface area contributed by atoms with E-state index >= 15 is 0 Å². The Bertz CT molecular complexity index is 394. The molecule has 0 N–H and O–H groups in total. The smallest absolute Gasteiger partial charge is 0.446 e. The summed E-state index contributed by atoms with van der Waals surface area (Å²) in [6.07, 6.45) is 3.59. The van der Waals surface area contributed by atoms with Crippen LogP contribution in [0.4, 0.5) is 4.79 Å². The number of esters is 1. The van der Waals surface area contributed by atoms with E-state index in [1.807, 2.05) is 10.6 Å². The first kappa shape index (κ1) is 22.1. The van der Waals surface area contributed by atoms with Gasteiger partial charge in [-0.2, -0.15) is 0 Å². The lowest BCUT2D eigenvalue weighted by molar-refractivity contribution is -0.143. The van der Waals surface area contributed by atoms with Crippen molar-refractivity contribution in [1.82, 2.24) is 8.61 Å². The predicted octanol–water partition coefficient (Wildman–Crippen LogP) is 3.37. The molecule has 9 heteroatoms. The molecule has 0 unspecified atom stereocenters. The maximum atomic E-state index is 11.9. The molecule has 0 spiro atoms. The highest BCUT2D eigenvalue weighted by Gasteiger charge is 2.17. The largest absolute Gasteiger partial charge is 0.466 e. The highest BCUT2D eigenvalue weighted by molar-refractivity contribution is 8.13. The van der Waals surface area contributed by atoms with Crippen molar-refractivity contribution >= 4 is 41.0 Å². The van der Waals surface area contributed by atoms with E-state index < -0.39 is 6.09 Å². The first-order valence-electron chi connectivity index (χ1n) is 7.56. The predicted molar refractivity (Wildman–Crippen MR) is 96.2 cm³/mol. The summed E-state index contributed by atoms with van der Waals surface area (Å²) in [5.74, 6) is -0.236. The molecule has 0 heterocycles. The molecule has 0 fully saturated rings. The van der Waals surface area contributed by atoms with Gasteiger partial charge in [0.05, 0.1) is 13.0 Å². The molecule has 0 aliphatic carbocycles. The summed E-state index contributed by atoms with van der Waals surface area (Å²) in [5.41, 5.74) is 0. The summed E-state index contributed by atoms with van der Waals surface area (Å²) in [5, 5.41) is 4.38. The Labute approximate surface area is 147 Å². The number of thioether (sulfide) groups is 1. The second-order valence-electron chi connectivity index (χ2n) is 4.59. The second-order valence-corrected chi connectivity index (χ2v) is 6.81. The molecule has 0 aromatic rings. The Morgan fingerprint density at radius 2 is 1.91 bits per heavy atom. The van der Waals surface area contributed by atoms with Crippen LogP contribution in [-0.2, 0) is 14.4 Å². The summed E-state index contributed by atoms with van der Waals surface area (Å²) >= 11 is 2.63. The van der Waals surface area contributed by atoms with Crippen molar-refractivity contribution in [2.75, 3.05) is 33.0 Å². The molecule has 0 aromatic heterocycles. The maximum absolute atomic E-state index is 11.9. The number of hydrogen-bond acceptors (Lipinski definition) is 8. The number of carbonyl (C=O) groups excluding carboxylic acids is 2. The number of amides is 1. The Morgan fingerprint density at radius 1 is 1.22 bits per heavy atom. The minimum atomic E-state index is -0.555. The van der Waals surface area contributed by atoms with E-state index in [-0.39, 0.29) is 12.4 Å². The van der Waals surface area contributed by atoms with Crippen LogP contribution in [0.2, 0.25) is 0 Å². The normalized spacial score (nSPS) is 11.5. The summed E-state index contributed by atoms with van der Waals surface area (Å²) in [7, 11) is 1.61. The van der Waals surface area contributed by atoms with Gasteiger partial charge in [0.2, 0.25) is 0 Å². The highest BCUT2D eigenvalue weighted by atomic mass is 32.2. The van der Waals surface area contributed by atoms with Crippen molar-refractivity contribution in [3.63, 3.8) is 0 Å². The van der Waals surface area contributed by atoms with Gasteiger partial charge in [-0.05, 0) is 26.5 Å². The van der Waals surface area contributed by atoms with Crippen LogP contribution < -0.4 is 0 Å². The van der Waals surface area contributed by atoms with Crippen LogP contribution in [0.5, 0.6) is 0 Å². The molecule has 0 rings (SSSR count). The standard InChI is InChI=1S/C14H27N3O4S2/c1-6-8-10-17(11-9-13(18)20-7-2)23-16(4)14(19)21-15-12(3)22-5/h6-11H2,1-5H3. The summed E-state index contributed by atoms with van der Waals surface area (Å²) < 4.78 is 8.24. The fraction of sp³-hybridized carbons (Fsp3) is 0.786. The zero-order valence-electron chi connectivity index (χ0n) is 14.5. The van der Waals surface area contributed by atoms with Gasteiger partial charge in [-0.25, -0.2) is 13.4 Å². The lowest BCUT2D eigenvalue weighted by Gasteiger charge is -2.24. The Morgan fingerprint density at radius 3 is 2.48 bits per heavy atom. The van der Waals surface area contributed by atoms with Crippen molar-refractivity contribution < 1.29 is 19.2 Å². The minimum absolute atomic E-state index is 0.236. The minimum Gasteiger partial charge on any atom is -0.466 e. The fourth-order valence-corrected chi connectivity index (χ4v) is 2.32. The molecule has 0 bridgehead atoms. The molecule has 0 saturated heterocycles. The van der Waals surface area contributed by atoms with E-state index in [1.54, 1.807) is 20.9 Å². The molecular formula is C14H27N3O4S2. The van der Waals surface area contributed by atoms with Crippen LogP contribution in [0.25, 0.3) is 0 Å². The average molecular weight is 366 g/mol. The van der Waals surface area contributed by atoms with Gasteiger partial charge in [0.15, 0.2) is 0 Å². The molecule has 0 radical (unpaired) electrons. The SMILES string of the molecule is CCCCN(CCC(=O)OCC)SN(C)C(=O)ON=C(C)SC. The summed E-state index contributed by atoms with van der Waals surface area (Å²) in [6.45, 7) is 7.28. The molecule has 0 aromatic carbocycles. The van der Waals surface area contributed by atoms with E-state index in [2.05, 4.69) is 12.1 Å². The van der Waals surface area contributed by atoms with E-state index in [0.29, 0.717) is 18.2 Å². The maximum Gasteiger partial charge on any atom is 0.446 e. The molecule has 0 aliphatic heterocycles. The van der Waals surface area contributed by atoms with Crippen LogP contribution >= 0.6 is 23.9 Å². The monoisotopic (exact) mass is 365 g/mol. The molecule has 23 heavy (non-hydrogen) atoms. The summed E-state index contributed by atoms with van der Waals surface area (Å²) in [6, 6.07) is 0. The third kappa shape index (κ3) is 11.3.